The highest BCUT2D eigenvalue weighted by atomic mass is 16.5. The molecule has 0 unspecified atom stereocenters. The van der Waals surface area contributed by atoms with Gasteiger partial charge in [-0.15, -0.1) is 0 Å². The Morgan fingerprint density at radius 3 is 2.76 bits per heavy atom. The predicted molar refractivity (Wildman–Crippen MR) is 127 cm³/mol. The van der Waals surface area contributed by atoms with Gasteiger partial charge in [0.2, 0.25) is 0 Å². The first-order valence-corrected chi connectivity index (χ1v) is 11.7. The lowest BCUT2D eigenvalue weighted by Crippen LogP contribution is -2.45. The molecule has 8 nitrogen and oxygen atoms in total. The molecule has 2 aliphatic rings. The van der Waals surface area contributed by atoms with E-state index in [0.29, 0.717) is 5.69 Å². The molecular formula is C25H30N6O2. The summed E-state index contributed by atoms with van der Waals surface area (Å²) < 4.78 is 6.95. The number of piperidine rings is 1. The molecule has 1 amide bonds. The van der Waals surface area contributed by atoms with E-state index in [1.165, 1.54) is 24.1 Å². The van der Waals surface area contributed by atoms with Crippen LogP contribution in [0.1, 0.15) is 47.4 Å². The van der Waals surface area contributed by atoms with Crippen molar-refractivity contribution in [1.29, 1.82) is 0 Å². The summed E-state index contributed by atoms with van der Waals surface area (Å²) in [6, 6.07) is 9.68. The monoisotopic (exact) mass is 446 g/mol. The average Bonchev–Trinajstić information content (AvgIpc) is 3.26. The lowest BCUT2D eigenvalue weighted by Gasteiger charge is -2.35. The largest absolute Gasteiger partial charge is 0.497 e. The Morgan fingerprint density at radius 2 is 1.94 bits per heavy atom. The molecule has 1 saturated heterocycles. The molecule has 5 rings (SSSR count). The van der Waals surface area contributed by atoms with Crippen LogP contribution in [0.3, 0.4) is 0 Å². The van der Waals surface area contributed by atoms with E-state index in [4.69, 9.17) is 4.74 Å². The number of benzene rings is 1. The van der Waals surface area contributed by atoms with E-state index in [1.807, 2.05) is 30.3 Å². The Hall–Kier alpha value is -3.42. The van der Waals surface area contributed by atoms with Crippen LogP contribution >= 0.6 is 0 Å². The van der Waals surface area contributed by atoms with Gasteiger partial charge in [-0.25, -0.2) is 9.97 Å². The van der Waals surface area contributed by atoms with Crippen molar-refractivity contribution in [3.8, 4) is 17.0 Å². The van der Waals surface area contributed by atoms with Crippen LogP contribution in [0, 0.1) is 0 Å². The third-order valence-corrected chi connectivity index (χ3v) is 6.71. The third kappa shape index (κ3) is 4.42. The minimum absolute atomic E-state index is 0.0861. The Balaban J connectivity index is 1.23. The molecule has 0 bridgehead atoms. The summed E-state index contributed by atoms with van der Waals surface area (Å²) >= 11 is 0. The van der Waals surface area contributed by atoms with Crippen LogP contribution in [0.15, 0.2) is 36.7 Å². The number of aromatic nitrogens is 4. The number of nitrogens with one attached hydrogen (secondary N) is 1. The van der Waals surface area contributed by atoms with Gasteiger partial charge < -0.3 is 15.0 Å². The number of carbonyl (C=O) groups excluding carboxylic acids is 1. The van der Waals surface area contributed by atoms with Gasteiger partial charge in [0.25, 0.3) is 5.91 Å². The van der Waals surface area contributed by atoms with Crippen molar-refractivity contribution < 1.29 is 9.53 Å². The van der Waals surface area contributed by atoms with Gasteiger partial charge in [0.05, 0.1) is 12.8 Å². The van der Waals surface area contributed by atoms with Crippen molar-refractivity contribution >= 4 is 11.7 Å². The minimum atomic E-state index is -0.0861. The molecule has 1 N–H and O–H groups in total. The minimum Gasteiger partial charge on any atom is -0.497 e. The maximum absolute atomic E-state index is 13.0. The van der Waals surface area contributed by atoms with Crippen molar-refractivity contribution in [2.24, 2.45) is 7.05 Å². The molecule has 1 fully saturated rings. The van der Waals surface area contributed by atoms with Crippen LogP contribution in [0.5, 0.6) is 5.75 Å². The molecule has 2 aromatic heterocycles. The number of anilines is 1. The van der Waals surface area contributed by atoms with Crippen LogP contribution in [0.2, 0.25) is 0 Å². The van der Waals surface area contributed by atoms with E-state index in [9.17, 15) is 4.79 Å². The van der Waals surface area contributed by atoms with Crippen molar-refractivity contribution in [2.75, 3.05) is 25.1 Å². The number of nitrogens with zero attached hydrogens (tertiary/aromatic N) is 5. The Labute approximate surface area is 194 Å². The molecule has 0 saturated carbocycles. The standard InChI is InChI=1S/C25H30N6O2/c1-30-23(15-22(29-30)17-6-5-7-19(14-17)33-2)25(32)28-18-10-12-31(13-11-18)24-20-8-3-4-9-21(20)26-16-27-24/h5-7,14-16,18H,3-4,8-13H2,1-2H3,(H,28,32). The molecule has 3 aromatic rings. The summed E-state index contributed by atoms with van der Waals surface area (Å²) in [7, 11) is 3.45. The number of ether oxygens (including phenoxy) is 1. The number of hydrogen-bond acceptors (Lipinski definition) is 6. The summed E-state index contributed by atoms with van der Waals surface area (Å²) in [5, 5.41) is 7.75. The maximum Gasteiger partial charge on any atom is 0.269 e. The van der Waals surface area contributed by atoms with Crippen LogP contribution in [-0.2, 0) is 19.9 Å². The van der Waals surface area contributed by atoms with Crippen molar-refractivity contribution in [3.05, 3.63) is 53.6 Å². The van der Waals surface area contributed by atoms with Crippen molar-refractivity contribution in [3.63, 3.8) is 0 Å². The molecule has 1 aliphatic carbocycles. The second-order valence-corrected chi connectivity index (χ2v) is 8.83. The molecule has 8 heteroatoms. The van der Waals surface area contributed by atoms with Gasteiger partial charge in [-0.1, -0.05) is 12.1 Å². The molecule has 0 radical (unpaired) electrons. The topological polar surface area (TPSA) is 85.2 Å². The highest BCUT2D eigenvalue weighted by molar-refractivity contribution is 5.94. The summed E-state index contributed by atoms with van der Waals surface area (Å²) in [5.74, 6) is 1.77. The van der Waals surface area contributed by atoms with E-state index in [1.54, 1.807) is 25.2 Å². The molecule has 1 aromatic carbocycles. The smallest absolute Gasteiger partial charge is 0.269 e. The molecular weight excluding hydrogens is 416 g/mol. The normalized spacial score (nSPS) is 16.4. The number of carbonyl (C=O) groups is 1. The number of rotatable bonds is 5. The molecule has 0 spiro atoms. The first kappa shape index (κ1) is 21.4. The third-order valence-electron chi connectivity index (χ3n) is 6.71. The lowest BCUT2D eigenvalue weighted by atomic mass is 9.95. The van der Waals surface area contributed by atoms with Crippen molar-refractivity contribution in [2.45, 2.75) is 44.6 Å². The van der Waals surface area contributed by atoms with E-state index >= 15 is 0 Å². The van der Waals surface area contributed by atoms with Crippen LogP contribution in [-0.4, -0.2) is 51.9 Å². The van der Waals surface area contributed by atoms with Gasteiger partial charge in [0.15, 0.2) is 0 Å². The summed E-state index contributed by atoms with van der Waals surface area (Å²) in [4.78, 5) is 24.5. The van der Waals surface area contributed by atoms with Gasteiger partial charge in [-0.3, -0.25) is 9.48 Å². The molecule has 3 heterocycles. The average molecular weight is 447 g/mol. The van der Waals surface area contributed by atoms with Gasteiger partial charge in [-0.2, -0.15) is 5.10 Å². The van der Waals surface area contributed by atoms with Gasteiger partial charge in [-0.05, 0) is 56.7 Å². The SMILES string of the molecule is COc1cccc(-c2cc(C(=O)NC3CCN(c4ncnc5c4CCCC5)CC3)n(C)n2)c1. The Kier molecular flexibility index (Phi) is 5.98. The Morgan fingerprint density at radius 1 is 1.12 bits per heavy atom. The second-order valence-electron chi connectivity index (χ2n) is 8.83. The van der Waals surface area contributed by atoms with E-state index in [2.05, 4.69) is 25.3 Å². The number of methoxy groups -OCH3 is 1. The first-order valence-electron chi connectivity index (χ1n) is 11.7. The molecule has 172 valence electrons. The van der Waals surface area contributed by atoms with Crippen LogP contribution < -0.4 is 15.0 Å². The highest BCUT2D eigenvalue weighted by Crippen LogP contribution is 2.29. The van der Waals surface area contributed by atoms with Crippen LogP contribution in [0.4, 0.5) is 5.82 Å². The number of hydrogen-bond donors (Lipinski definition) is 1. The summed E-state index contributed by atoms with van der Waals surface area (Å²) in [5.41, 5.74) is 4.77. The lowest BCUT2D eigenvalue weighted by molar-refractivity contribution is 0.0921. The maximum atomic E-state index is 13.0. The van der Waals surface area contributed by atoms with Gasteiger partial charge in [0, 0.05) is 43.0 Å². The van der Waals surface area contributed by atoms with Crippen LogP contribution in [0.25, 0.3) is 11.3 Å². The second kappa shape index (κ2) is 9.21. The Bertz CT molecular complexity index is 1150. The zero-order chi connectivity index (χ0) is 22.8. The zero-order valence-corrected chi connectivity index (χ0v) is 19.3. The molecule has 0 atom stereocenters. The summed E-state index contributed by atoms with van der Waals surface area (Å²) in [6.45, 7) is 1.77. The van der Waals surface area contributed by atoms with E-state index in [0.717, 1.165) is 61.6 Å². The van der Waals surface area contributed by atoms with Gasteiger partial charge >= 0.3 is 0 Å². The van der Waals surface area contributed by atoms with E-state index in [-0.39, 0.29) is 11.9 Å². The number of fused-ring (bicyclic) bond motifs is 1. The molecule has 33 heavy (non-hydrogen) atoms. The first-order chi connectivity index (χ1) is 16.1. The quantitative estimate of drug-likeness (QED) is 0.648. The highest BCUT2D eigenvalue weighted by Gasteiger charge is 2.26. The number of aryl methyl sites for hydroxylation is 2. The zero-order valence-electron chi connectivity index (χ0n) is 19.3. The van der Waals surface area contributed by atoms with E-state index < -0.39 is 0 Å². The fraction of sp³-hybridized carbons (Fsp3) is 0.440. The van der Waals surface area contributed by atoms with Gasteiger partial charge in [0.1, 0.15) is 23.6 Å². The fourth-order valence-corrected chi connectivity index (χ4v) is 4.87. The predicted octanol–water partition coefficient (Wildman–Crippen LogP) is 3.16. The van der Waals surface area contributed by atoms with Crippen molar-refractivity contribution in [1.82, 2.24) is 25.1 Å². The summed E-state index contributed by atoms with van der Waals surface area (Å²) in [6.07, 6.45) is 8.04. The number of amides is 1. The fourth-order valence-electron chi connectivity index (χ4n) is 4.87. The molecule has 1 aliphatic heterocycles.